The van der Waals surface area contributed by atoms with Gasteiger partial charge in [0.15, 0.2) is 0 Å². The number of fused-ring (bicyclic) bond motifs is 2. The molecule has 0 bridgehead atoms. The number of aryl methyl sites for hydroxylation is 2. The van der Waals surface area contributed by atoms with Gasteiger partial charge in [-0.1, -0.05) is 87.5 Å². The first-order valence-electron chi connectivity index (χ1n) is 10.7. The SMILES string of the molecule is Cc1cccc(C)c1N=C1[Si][Si]1(c1c2ccccc2cc2ccccc12)C(C)(C)C. The largest absolute Gasteiger partial charge is 0.267 e. The van der Waals surface area contributed by atoms with E-state index in [2.05, 4.69) is 107 Å². The molecule has 1 fully saturated rings. The van der Waals surface area contributed by atoms with E-state index in [0.29, 0.717) is 0 Å². The molecule has 0 aliphatic carbocycles. The Kier molecular flexibility index (Phi) is 4.39. The van der Waals surface area contributed by atoms with Crippen molar-refractivity contribution in [3.05, 3.63) is 83.9 Å². The highest BCUT2D eigenvalue weighted by molar-refractivity contribution is 7.79. The Morgan fingerprint density at radius 1 is 0.733 bits per heavy atom. The molecule has 0 aromatic heterocycles. The molecule has 0 spiro atoms. The second-order valence-electron chi connectivity index (χ2n) is 9.52. The van der Waals surface area contributed by atoms with E-state index >= 15 is 0 Å². The van der Waals surface area contributed by atoms with E-state index in [1.165, 1.54) is 43.3 Å². The number of aliphatic imine (C=N–C) groups is 1. The van der Waals surface area contributed by atoms with Gasteiger partial charge in [-0.3, -0.25) is 4.99 Å². The van der Waals surface area contributed by atoms with Crippen molar-refractivity contribution in [2.75, 3.05) is 0 Å². The van der Waals surface area contributed by atoms with E-state index in [-0.39, 0.29) is 5.04 Å². The van der Waals surface area contributed by atoms with Crippen molar-refractivity contribution in [1.29, 1.82) is 0 Å². The first-order chi connectivity index (χ1) is 14.3. The van der Waals surface area contributed by atoms with Gasteiger partial charge in [-0.15, -0.1) is 0 Å². The van der Waals surface area contributed by atoms with E-state index in [4.69, 9.17) is 4.99 Å². The third-order valence-electron chi connectivity index (χ3n) is 6.53. The smallest absolute Gasteiger partial charge is 0.130 e. The highest BCUT2D eigenvalue weighted by Gasteiger charge is 2.64. The molecule has 4 aromatic rings. The number of benzene rings is 4. The van der Waals surface area contributed by atoms with Gasteiger partial charge in [0, 0.05) is 0 Å². The monoisotopic (exact) mass is 421 g/mol. The van der Waals surface area contributed by atoms with Crippen LogP contribution in [0.4, 0.5) is 5.69 Å². The fraction of sp³-hybridized carbons (Fsp3) is 0.222. The molecule has 2 radical (unpaired) electrons. The standard InChI is InChI=1S/C27H27NSi2/c1-18-11-10-12-19(2)24(18)28-26-29-30(26,27(3,4)5)25-22-15-8-6-13-20(22)17-21-14-7-9-16-23(21)25/h6-17H,1-5H3. The predicted molar refractivity (Wildman–Crippen MR) is 135 cm³/mol. The van der Waals surface area contributed by atoms with E-state index in [9.17, 15) is 0 Å². The minimum atomic E-state index is -1.94. The second kappa shape index (κ2) is 6.76. The Morgan fingerprint density at radius 2 is 1.27 bits per heavy atom. The van der Waals surface area contributed by atoms with Gasteiger partial charge in [0.25, 0.3) is 0 Å². The molecule has 30 heavy (non-hydrogen) atoms. The minimum Gasteiger partial charge on any atom is -0.267 e. The maximum Gasteiger partial charge on any atom is 0.130 e. The molecule has 0 amide bonds. The fourth-order valence-corrected chi connectivity index (χ4v) is 15.2. The Bertz CT molecular complexity index is 1260. The van der Waals surface area contributed by atoms with Gasteiger partial charge in [-0.25, -0.2) is 0 Å². The van der Waals surface area contributed by atoms with Gasteiger partial charge < -0.3 is 0 Å². The molecule has 4 aromatic carbocycles. The predicted octanol–water partition coefficient (Wildman–Crippen LogP) is 6.55. The quantitative estimate of drug-likeness (QED) is 0.257. The van der Waals surface area contributed by atoms with Crippen LogP contribution in [0.25, 0.3) is 21.5 Å². The zero-order valence-corrected chi connectivity index (χ0v) is 20.4. The molecule has 1 aliphatic heterocycles. The van der Waals surface area contributed by atoms with E-state index in [0.717, 1.165) is 9.04 Å². The van der Waals surface area contributed by atoms with Crippen molar-refractivity contribution in [2.45, 2.75) is 39.7 Å². The summed E-state index contributed by atoms with van der Waals surface area (Å²) in [5, 5.41) is 7.38. The fourth-order valence-electron chi connectivity index (χ4n) is 4.87. The molecule has 1 atom stereocenters. The number of hydrogen-bond acceptors (Lipinski definition) is 1. The Labute approximate surface area is 182 Å². The summed E-state index contributed by atoms with van der Waals surface area (Å²) in [4.78, 5) is 6.85. The third-order valence-corrected chi connectivity index (χ3v) is 17.4. The minimum absolute atomic E-state index is 0.216. The topological polar surface area (TPSA) is 12.4 Å². The number of rotatable bonds is 2. The van der Waals surface area contributed by atoms with Gasteiger partial charge in [-0.2, -0.15) is 0 Å². The van der Waals surface area contributed by atoms with Crippen LogP contribution in [-0.2, 0) is 0 Å². The maximum absolute atomic E-state index is 5.37. The van der Waals surface area contributed by atoms with Crippen molar-refractivity contribution < 1.29 is 0 Å². The Balaban J connectivity index is 1.85. The van der Waals surface area contributed by atoms with Crippen molar-refractivity contribution in [3.8, 4) is 0 Å². The third kappa shape index (κ3) is 2.83. The molecule has 5 rings (SSSR count). The first kappa shape index (κ1) is 19.5. The van der Waals surface area contributed by atoms with Gasteiger partial charge >= 0.3 is 0 Å². The van der Waals surface area contributed by atoms with Gasteiger partial charge in [0.05, 0.1) is 14.7 Å². The van der Waals surface area contributed by atoms with Crippen LogP contribution in [0, 0.1) is 13.8 Å². The van der Waals surface area contributed by atoms with Crippen LogP contribution >= 0.6 is 0 Å². The molecule has 1 heterocycles. The highest BCUT2D eigenvalue weighted by Crippen LogP contribution is 2.47. The van der Waals surface area contributed by atoms with Crippen LogP contribution < -0.4 is 5.19 Å². The maximum atomic E-state index is 5.37. The zero-order valence-electron chi connectivity index (χ0n) is 18.4. The first-order valence-corrected chi connectivity index (χ1v) is 14.7. The summed E-state index contributed by atoms with van der Waals surface area (Å²) in [5.41, 5.74) is 3.74. The highest BCUT2D eigenvalue weighted by atomic mass is 29.3. The molecule has 3 heteroatoms. The summed E-state index contributed by atoms with van der Waals surface area (Å²) in [6.45, 7) is 11.7. The van der Waals surface area contributed by atoms with E-state index in [1.807, 2.05) is 0 Å². The summed E-state index contributed by atoms with van der Waals surface area (Å²) in [6, 6.07) is 26.8. The van der Waals surface area contributed by atoms with E-state index < -0.39 is 7.59 Å². The van der Waals surface area contributed by atoms with Crippen LogP contribution in [0.3, 0.4) is 0 Å². The van der Waals surface area contributed by atoms with Crippen LogP contribution in [0.5, 0.6) is 0 Å². The molecule has 1 nitrogen and oxygen atoms in total. The van der Waals surface area contributed by atoms with Crippen molar-refractivity contribution >= 4 is 54.0 Å². The lowest BCUT2D eigenvalue weighted by atomic mass is 10.0. The second-order valence-corrected chi connectivity index (χ2v) is 17.7. The molecule has 1 aliphatic rings. The van der Waals surface area contributed by atoms with Gasteiger partial charge in [0.1, 0.15) is 7.59 Å². The average Bonchev–Trinajstić information content (AvgIpc) is 3.44. The number of para-hydroxylation sites is 1. The van der Waals surface area contributed by atoms with Crippen LogP contribution in [-0.4, -0.2) is 21.6 Å². The van der Waals surface area contributed by atoms with Crippen LogP contribution in [0.2, 0.25) is 5.04 Å². The van der Waals surface area contributed by atoms with Gasteiger partial charge in [0.2, 0.25) is 0 Å². The lowest BCUT2D eigenvalue weighted by molar-refractivity contribution is 0.750. The van der Waals surface area contributed by atoms with Crippen molar-refractivity contribution in [1.82, 2.24) is 0 Å². The molecule has 1 unspecified atom stereocenters. The van der Waals surface area contributed by atoms with Crippen molar-refractivity contribution in [2.24, 2.45) is 4.99 Å². The zero-order chi connectivity index (χ0) is 21.1. The molecule has 0 saturated carbocycles. The summed E-state index contributed by atoms with van der Waals surface area (Å²) >= 11 is 0. The summed E-state index contributed by atoms with van der Waals surface area (Å²) < 4.78 is 0. The number of hydrogen-bond donors (Lipinski definition) is 0. The summed E-state index contributed by atoms with van der Waals surface area (Å²) in [5.74, 6) is 0. The lowest BCUT2D eigenvalue weighted by Crippen LogP contribution is -2.47. The summed E-state index contributed by atoms with van der Waals surface area (Å²) in [6.07, 6.45) is 0. The van der Waals surface area contributed by atoms with Gasteiger partial charge in [-0.05, 0) is 67.8 Å². The Hall–Kier alpha value is -2.50. The lowest BCUT2D eigenvalue weighted by Gasteiger charge is -2.31. The van der Waals surface area contributed by atoms with Crippen LogP contribution in [0.15, 0.2) is 77.8 Å². The molecule has 1 saturated heterocycles. The normalized spacial score (nSPS) is 20.2. The van der Waals surface area contributed by atoms with Crippen LogP contribution in [0.1, 0.15) is 31.9 Å². The van der Waals surface area contributed by atoms with E-state index in [1.54, 1.807) is 5.19 Å². The molecule has 148 valence electrons. The summed E-state index contributed by atoms with van der Waals surface area (Å²) in [7, 11) is -1.09. The van der Waals surface area contributed by atoms with Crippen molar-refractivity contribution in [3.63, 3.8) is 0 Å². The molecular weight excluding hydrogens is 394 g/mol. The number of nitrogens with zero attached hydrogens (tertiary/aromatic N) is 1. The molecular formula is C27H27NSi2. The Morgan fingerprint density at radius 3 is 1.80 bits per heavy atom. The molecule has 0 N–H and O–H groups in total. The average molecular weight is 422 g/mol.